The number of carbonyl (C=O) groups excluding carboxylic acids is 1. The van der Waals surface area contributed by atoms with E-state index in [-0.39, 0.29) is 5.78 Å². The van der Waals surface area contributed by atoms with Gasteiger partial charge in [-0.3, -0.25) is 9.78 Å². The predicted molar refractivity (Wildman–Crippen MR) is 125 cm³/mol. The number of carbonyl (C=O) groups is 1. The second-order valence-corrected chi connectivity index (χ2v) is 8.32. The summed E-state index contributed by atoms with van der Waals surface area (Å²) in [4.78, 5) is 15.3. The van der Waals surface area contributed by atoms with Crippen molar-refractivity contribution in [2.45, 2.75) is 32.1 Å². The Labute approximate surface area is 181 Å². The van der Waals surface area contributed by atoms with E-state index in [4.69, 9.17) is 11.6 Å². The Morgan fingerprint density at radius 2 is 1.80 bits per heavy atom. The molecule has 0 spiro atoms. The summed E-state index contributed by atoms with van der Waals surface area (Å²) in [6, 6.07) is 14.3. The van der Waals surface area contributed by atoms with Crippen molar-refractivity contribution in [3.63, 3.8) is 0 Å². The van der Waals surface area contributed by atoms with Crippen molar-refractivity contribution in [2.24, 2.45) is 0 Å². The van der Waals surface area contributed by atoms with Gasteiger partial charge in [0, 0.05) is 23.2 Å². The van der Waals surface area contributed by atoms with Crippen LogP contribution in [0.3, 0.4) is 0 Å². The van der Waals surface area contributed by atoms with Crippen molar-refractivity contribution >= 4 is 39.8 Å². The zero-order valence-corrected chi connectivity index (χ0v) is 17.5. The van der Waals surface area contributed by atoms with E-state index in [2.05, 4.69) is 41.4 Å². The lowest BCUT2D eigenvalue weighted by atomic mass is 9.79. The molecule has 0 amide bonds. The molecule has 0 saturated carbocycles. The van der Waals surface area contributed by atoms with Crippen LogP contribution in [0.25, 0.3) is 22.4 Å². The van der Waals surface area contributed by atoms with Crippen molar-refractivity contribution in [2.75, 3.05) is 0 Å². The predicted octanol–water partition coefficient (Wildman–Crippen LogP) is 7.22. The molecule has 30 heavy (non-hydrogen) atoms. The number of hydrogen-bond acceptors (Lipinski definition) is 2. The van der Waals surface area contributed by atoms with E-state index in [1.54, 1.807) is 17.8 Å². The number of allylic oxidation sites excluding steroid dienone is 5. The topological polar surface area (TPSA) is 30.0 Å². The van der Waals surface area contributed by atoms with Gasteiger partial charge in [0.15, 0.2) is 5.78 Å². The summed E-state index contributed by atoms with van der Waals surface area (Å²) >= 11 is 6.17. The molecule has 0 aliphatic heterocycles. The van der Waals surface area contributed by atoms with Crippen LogP contribution in [0, 0.1) is 0 Å². The van der Waals surface area contributed by atoms with Gasteiger partial charge in [0.1, 0.15) is 0 Å². The van der Waals surface area contributed by atoms with Crippen molar-refractivity contribution in [1.82, 2.24) is 4.98 Å². The summed E-state index contributed by atoms with van der Waals surface area (Å²) in [7, 11) is 0. The van der Waals surface area contributed by atoms with Crippen LogP contribution in [0.5, 0.6) is 0 Å². The molecule has 2 nitrogen and oxygen atoms in total. The highest BCUT2D eigenvalue weighted by molar-refractivity contribution is 6.31. The van der Waals surface area contributed by atoms with E-state index in [1.165, 1.54) is 46.7 Å². The molecule has 148 valence electrons. The molecule has 3 aliphatic rings. The SMILES string of the molecule is Clc1ccc2ccc3c(c2c1)CCC1=C3C=CCC1.O=C1CC=Cc2ncccc21. The fourth-order valence-corrected chi connectivity index (χ4v) is 4.75. The molecule has 0 bridgehead atoms. The van der Waals surface area contributed by atoms with Crippen LogP contribution < -0.4 is 0 Å². The van der Waals surface area contributed by atoms with Gasteiger partial charge in [0.05, 0.1) is 5.69 Å². The van der Waals surface area contributed by atoms with Crippen molar-refractivity contribution in [3.05, 3.63) is 99.9 Å². The molecule has 0 radical (unpaired) electrons. The van der Waals surface area contributed by atoms with Gasteiger partial charge in [0.2, 0.25) is 0 Å². The highest BCUT2D eigenvalue weighted by atomic mass is 35.5. The summed E-state index contributed by atoms with van der Waals surface area (Å²) in [6.45, 7) is 0. The Bertz CT molecular complexity index is 1250. The molecule has 2 aromatic carbocycles. The fourth-order valence-electron chi connectivity index (χ4n) is 4.58. The van der Waals surface area contributed by atoms with Gasteiger partial charge in [-0.05, 0) is 83.5 Å². The maximum absolute atomic E-state index is 11.2. The molecule has 0 atom stereocenters. The first-order valence-corrected chi connectivity index (χ1v) is 10.8. The second kappa shape index (κ2) is 8.04. The van der Waals surface area contributed by atoms with E-state index in [0.29, 0.717) is 6.42 Å². The Morgan fingerprint density at radius 1 is 0.900 bits per heavy atom. The molecule has 0 saturated heterocycles. The minimum atomic E-state index is 0.163. The van der Waals surface area contributed by atoms with Gasteiger partial charge in [-0.15, -0.1) is 0 Å². The van der Waals surface area contributed by atoms with Gasteiger partial charge in [0.25, 0.3) is 0 Å². The average Bonchev–Trinajstić information content (AvgIpc) is 2.79. The lowest BCUT2D eigenvalue weighted by Gasteiger charge is -2.25. The minimum absolute atomic E-state index is 0.163. The molecule has 3 aromatic rings. The van der Waals surface area contributed by atoms with Crippen LogP contribution in [0.15, 0.2) is 72.5 Å². The Morgan fingerprint density at radius 3 is 2.70 bits per heavy atom. The van der Waals surface area contributed by atoms with E-state index in [0.717, 1.165) is 22.7 Å². The average molecular weight is 412 g/mol. The van der Waals surface area contributed by atoms with Gasteiger partial charge in [-0.25, -0.2) is 0 Å². The number of fused-ring (bicyclic) bond motifs is 5. The number of rotatable bonds is 0. The van der Waals surface area contributed by atoms with Crippen molar-refractivity contribution in [3.8, 4) is 0 Å². The van der Waals surface area contributed by atoms with Crippen LogP contribution in [0.1, 0.15) is 52.9 Å². The van der Waals surface area contributed by atoms with E-state index in [1.807, 2.05) is 24.3 Å². The van der Waals surface area contributed by atoms with E-state index < -0.39 is 0 Å². The lowest BCUT2D eigenvalue weighted by Crippen LogP contribution is -2.06. The summed E-state index contributed by atoms with van der Waals surface area (Å²) in [5, 5.41) is 3.46. The number of hydrogen-bond donors (Lipinski definition) is 0. The van der Waals surface area contributed by atoms with Crippen LogP contribution in [-0.4, -0.2) is 10.8 Å². The molecule has 1 heterocycles. The summed E-state index contributed by atoms with van der Waals surface area (Å²) < 4.78 is 0. The van der Waals surface area contributed by atoms with Gasteiger partial charge in [-0.1, -0.05) is 53.6 Å². The normalized spacial score (nSPS) is 16.5. The Balaban J connectivity index is 0.000000149. The van der Waals surface area contributed by atoms with Gasteiger partial charge >= 0.3 is 0 Å². The molecule has 6 rings (SSSR count). The molecule has 0 fully saturated rings. The lowest BCUT2D eigenvalue weighted by molar-refractivity contribution is 0.0994. The molecule has 0 unspecified atom stereocenters. The van der Waals surface area contributed by atoms with E-state index >= 15 is 0 Å². The molecule has 0 N–H and O–H groups in total. The van der Waals surface area contributed by atoms with Crippen LogP contribution in [0.4, 0.5) is 0 Å². The standard InChI is InChI=1S/C18H15Cl.C9H7NO/c19-14-8-5-13-7-9-16-15-4-2-1-3-12(15)6-10-17(16)18(13)11-14;11-9-5-1-4-8-7(9)3-2-6-10-8/h2,4-5,7-9,11H,1,3,6,10H2;1-4,6H,5H2. The summed E-state index contributed by atoms with van der Waals surface area (Å²) in [6.07, 6.45) is 15.3. The van der Waals surface area contributed by atoms with Gasteiger partial charge < -0.3 is 0 Å². The maximum atomic E-state index is 11.2. The first-order valence-electron chi connectivity index (χ1n) is 10.5. The number of aromatic nitrogens is 1. The van der Waals surface area contributed by atoms with E-state index in [9.17, 15) is 4.79 Å². The monoisotopic (exact) mass is 411 g/mol. The molecular formula is C27H22ClNO. The smallest absolute Gasteiger partial charge is 0.168 e. The second-order valence-electron chi connectivity index (χ2n) is 7.88. The zero-order valence-electron chi connectivity index (χ0n) is 16.7. The van der Waals surface area contributed by atoms with Crippen LogP contribution in [0.2, 0.25) is 5.02 Å². The largest absolute Gasteiger partial charge is 0.294 e. The number of nitrogens with zero attached hydrogens (tertiary/aromatic N) is 1. The number of pyridine rings is 1. The number of aryl methyl sites for hydroxylation is 1. The first-order chi connectivity index (χ1) is 14.7. The third-order valence-electron chi connectivity index (χ3n) is 6.06. The third kappa shape index (κ3) is 3.53. The Hall–Kier alpha value is -2.97. The number of Topliss-reactive ketones (excluding diaryl/α,β-unsaturated/α-hetero) is 1. The highest BCUT2D eigenvalue weighted by Crippen LogP contribution is 2.40. The van der Waals surface area contributed by atoms with Crippen molar-refractivity contribution in [1.29, 1.82) is 0 Å². The third-order valence-corrected chi connectivity index (χ3v) is 6.29. The summed E-state index contributed by atoms with van der Waals surface area (Å²) in [5.74, 6) is 0.163. The first kappa shape index (κ1) is 19.0. The highest BCUT2D eigenvalue weighted by Gasteiger charge is 2.20. The fraction of sp³-hybridized carbons (Fsp3) is 0.185. The quantitative estimate of drug-likeness (QED) is 0.390. The minimum Gasteiger partial charge on any atom is -0.294 e. The number of halogens is 1. The van der Waals surface area contributed by atoms with Crippen LogP contribution >= 0.6 is 11.6 Å². The molecular weight excluding hydrogens is 390 g/mol. The molecule has 3 aliphatic carbocycles. The summed E-state index contributed by atoms with van der Waals surface area (Å²) in [5.41, 5.74) is 7.54. The maximum Gasteiger partial charge on any atom is 0.168 e. The molecule has 1 aromatic heterocycles. The van der Waals surface area contributed by atoms with Gasteiger partial charge in [-0.2, -0.15) is 0 Å². The molecule has 3 heteroatoms. The Kier molecular flexibility index (Phi) is 5.10. The number of ketones is 1. The number of benzene rings is 2. The zero-order chi connectivity index (χ0) is 20.5. The van der Waals surface area contributed by atoms with Crippen LogP contribution in [-0.2, 0) is 6.42 Å². The van der Waals surface area contributed by atoms with Crippen molar-refractivity contribution < 1.29 is 4.79 Å².